The molecule has 2 bridgehead atoms. The minimum atomic E-state index is 0.121. The summed E-state index contributed by atoms with van der Waals surface area (Å²) in [5, 5.41) is 4.14. The second kappa shape index (κ2) is 6.05. The van der Waals surface area contributed by atoms with E-state index in [9.17, 15) is 4.79 Å². The van der Waals surface area contributed by atoms with Crippen molar-refractivity contribution in [2.75, 3.05) is 19.6 Å². The molecule has 0 aliphatic carbocycles. The highest BCUT2D eigenvalue weighted by molar-refractivity contribution is 5.94. The first-order valence-corrected chi connectivity index (χ1v) is 8.61. The van der Waals surface area contributed by atoms with E-state index in [4.69, 9.17) is 0 Å². The Bertz CT molecular complexity index is 735. The standard InChI is InChI=1S/C17H24N6O/c1-12-16(19-11-18-12)10-22-6-13-3-4-15(9-22)23(7-13)17(24)14-5-20-21(2)8-14/h5,8,11,13,15H,3-4,6-7,9-10H2,1-2H3,(H,18,19)/t13-,15+/m1/s1. The maximum atomic E-state index is 12.9. The van der Waals surface area contributed by atoms with E-state index in [1.54, 1.807) is 17.2 Å². The minimum absolute atomic E-state index is 0.121. The van der Waals surface area contributed by atoms with Crippen LogP contribution < -0.4 is 0 Å². The van der Waals surface area contributed by atoms with E-state index >= 15 is 0 Å². The van der Waals surface area contributed by atoms with Gasteiger partial charge < -0.3 is 9.88 Å². The zero-order valence-electron chi connectivity index (χ0n) is 14.3. The number of aromatic nitrogens is 4. The number of carbonyl (C=O) groups is 1. The van der Waals surface area contributed by atoms with Crippen molar-refractivity contribution in [1.29, 1.82) is 0 Å². The summed E-state index contributed by atoms with van der Waals surface area (Å²) >= 11 is 0. The maximum Gasteiger partial charge on any atom is 0.257 e. The second-order valence-corrected chi connectivity index (χ2v) is 7.13. The van der Waals surface area contributed by atoms with Crippen LogP contribution in [-0.2, 0) is 13.6 Å². The molecule has 2 atom stereocenters. The van der Waals surface area contributed by atoms with Gasteiger partial charge in [0.25, 0.3) is 5.91 Å². The van der Waals surface area contributed by atoms with Crippen LogP contribution in [0.1, 0.15) is 34.6 Å². The number of fused-ring (bicyclic) bond motifs is 4. The van der Waals surface area contributed by atoms with Gasteiger partial charge in [0.2, 0.25) is 0 Å². The Hall–Kier alpha value is -2.15. The molecular weight excluding hydrogens is 304 g/mol. The number of nitrogens with zero attached hydrogens (tertiary/aromatic N) is 5. The molecule has 3 aliphatic heterocycles. The summed E-state index contributed by atoms with van der Waals surface area (Å²) < 4.78 is 1.69. The van der Waals surface area contributed by atoms with Crippen molar-refractivity contribution in [3.05, 3.63) is 35.7 Å². The first-order valence-electron chi connectivity index (χ1n) is 8.61. The number of hydrogen-bond donors (Lipinski definition) is 1. The molecule has 24 heavy (non-hydrogen) atoms. The van der Waals surface area contributed by atoms with Crippen molar-refractivity contribution in [1.82, 2.24) is 29.5 Å². The normalized spacial score (nSPS) is 24.3. The SMILES string of the molecule is Cc1[nH]cnc1CN1C[C@H]2CC[C@@H](C1)N(C(=O)c1cnn(C)c1)C2. The number of hydrogen-bond acceptors (Lipinski definition) is 4. The van der Waals surface area contributed by atoms with Gasteiger partial charge in [0, 0.05) is 51.2 Å². The quantitative estimate of drug-likeness (QED) is 0.919. The first kappa shape index (κ1) is 15.4. The number of nitrogens with one attached hydrogen (secondary N) is 1. The molecule has 0 aromatic carbocycles. The van der Waals surface area contributed by atoms with Gasteiger partial charge in [-0.05, 0) is 25.7 Å². The van der Waals surface area contributed by atoms with Crippen molar-refractivity contribution in [3.63, 3.8) is 0 Å². The van der Waals surface area contributed by atoms with Gasteiger partial charge in [-0.1, -0.05) is 0 Å². The molecule has 0 unspecified atom stereocenters. The fourth-order valence-corrected chi connectivity index (χ4v) is 4.01. The molecule has 0 radical (unpaired) electrons. The second-order valence-electron chi connectivity index (χ2n) is 7.13. The Morgan fingerprint density at radius 3 is 2.92 bits per heavy atom. The van der Waals surface area contributed by atoms with Crippen LogP contribution in [0.2, 0.25) is 0 Å². The summed E-state index contributed by atoms with van der Waals surface area (Å²) in [5.74, 6) is 0.666. The van der Waals surface area contributed by atoms with Crippen LogP contribution in [0.5, 0.6) is 0 Å². The highest BCUT2D eigenvalue weighted by atomic mass is 16.2. The lowest BCUT2D eigenvalue weighted by atomic mass is 9.94. The minimum Gasteiger partial charge on any atom is -0.348 e. The van der Waals surface area contributed by atoms with E-state index < -0.39 is 0 Å². The molecular formula is C17H24N6O. The average molecular weight is 328 g/mol. The maximum absolute atomic E-state index is 12.9. The third kappa shape index (κ3) is 2.84. The van der Waals surface area contributed by atoms with Crippen molar-refractivity contribution in [3.8, 4) is 0 Å². The molecule has 7 nitrogen and oxygen atoms in total. The molecule has 128 valence electrons. The molecule has 1 N–H and O–H groups in total. The number of piperidine rings is 1. The zero-order valence-corrected chi connectivity index (χ0v) is 14.3. The molecule has 2 aromatic rings. The third-order valence-electron chi connectivity index (χ3n) is 5.31. The van der Waals surface area contributed by atoms with Gasteiger partial charge in [-0.2, -0.15) is 5.10 Å². The summed E-state index contributed by atoms with van der Waals surface area (Å²) in [6.45, 7) is 5.74. The Morgan fingerprint density at radius 1 is 1.33 bits per heavy atom. The van der Waals surface area contributed by atoms with Gasteiger partial charge in [-0.3, -0.25) is 14.4 Å². The Morgan fingerprint density at radius 2 is 2.21 bits per heavy atom. The van der Waals surface area contributed by atoms with Crippen LogP contribution >= 0.6 is 0 Å². The summed E-state index contributed by atoms with van der Waals surface area (Å²) in [6.07, 6.45) is 7.54. The molecule has 7 heteroatoms. The van der Waals surface area contributed by atoms with Crippen LogP contribution in [0.25, 0.3) is 0 Å². The molecule has 2 aromatic heterocycles. The number of aromatic amines is 1. The van der Waals surface area contributed by atoms with E-state index in [0.717, 1.165) is 44.0 Å². The summed E-state index contributed by atoms with van der Waals surface area (Å²) in [5.41, 5.74) is 2.94. The third-order valence-corrected chi connectivity index (χ3v) is 5.31. The van der Waals surface area contributed by atoms with Crippen molar-refractivity contribution in [2.24, 2.45) is 13.0 Å². The van der Waals surface area contributed by atoms with Gasteiger partial charge in [0.1, 0.15) is 0 Å². The van der Waals surface area contributed by atoms with E-state index in [0.29, 0.717) is 11.5 Å². The molecule has 0 spiro atoms. The average Bonchev–Trinajstić information content (AvgIpc) is 3.06. The summed E-state index contributed by atoms with van der Waals surface area (Å²) in [4.78, 5) is 25.0. The molecule has 0 saturated carbocycles. The number of carbonyl (C=O) groups excluding carboxylic acids is 1. The number of H-pyrrole nitrogens is 1. The Balaban J connectivity index is 1.50. The van der Waals surface area contributed by atoms with Gasteiger partial charge >= 0.3 is 0 Å². The smallest absolute Gasteiger partial charge is 0.257 e. The van der Waals surface area contributed by atoms with Crippen LogP contribution in [0, 0.1) is 12.8 Å². The highest BCUT2D eigenvalue weighted by Crippen LogP contribution is 2.30. The predicted molar refractivity (Wildman–Crippen MR) is 89.4 cm³/mol. The first-order chi connectivity index (χ1) is 11.6. The van der Waals surface area contributed by atoms with E-state index in [-0.39, 0.29) is 11.9 Å². The van der Waals surface area contributed by atoms with Crippen LogP contribution in [0.4, 0.5) is 0 Å². The van der Waals surface area contributed by atoms with Crippen molar-refractivity contribution in [2.45, 2.75) is 32.4 Å². The van der Waals surface area contributed by atoms with Crippen molar-refractivity contribution < 1.29 is 4.79 Å². The number of rotatable bonds is 3. The molecule has 3 fully saturated rings. The molecule has 1 amide bonds. The lowest BCUT2D eigenvalue weighted by Gasteiger charge is -2.36. The predicted octanol–water partition coefficient (Wildman–Crippen LogP) is 1.19. The number of aryl methyl sites for hydroxylation is 2. The largest absolute Gasteiger partial charge is 0.348 e. The Kier molecular flexibility index (Phi) is 3.88. The van der Waals surface area contributed by atoms with Gasteiger partial charge in [0.05, 0.1) is 23.8 Å². The molecule has 5 rings (SSSR count). The van der Waals surface area contributed by atoms with Crippen molar-refractivity contribution >= 4 is 5.91 Å². The van der Waals surface area contributed by atoms with E-state index in [1.807, 2.05) is 13.2 Å². The van der Waals surface area contributed by atoms with Gasteiger partial charge in [0.15, 0.2) is 0 Å². The van der Waals surface area contributed by atoms with Crippen LogP contribution in [0.3, 0.4) is 0 Å². The fourth-order valence-electron chi connectivity index (χ4n) is 4.01. The lowest BCUT2D eigenvalue weighted by Crippen LogP contribution is -2.47. The van der Waals surface area contributed by atoms with Gasteiger partial charge in [-0.25, -0.2) is 4.98 Å². The zero-order chi connectivity index (χ0) is 16.7. The van der Waals surface area contributed by atoms with Crippen LogP contribution in [-0.4, -0.2) is 61.1 Å². The van der Waals surface area contributed by atoms with Crippen LogP contribution in [0.15, 0.2) is 18.7 Å². The summed E-state index contributed by atoms with van der Waals surface area (Å²) in [6, 6.07) is 0.288. The lowest BCUT2D eigenvalue weighted by molar-refractivity contribution is 0.0584. The Labute approximate surface area is 141 Å². The van der Waals surface area contributed by atoms with Gasteiger partial charge in [-0.15, -0.1) is 0 Å². The van der Waals surface area contributed by atoms with E-state index in [1.165, 1.54) is 6.42 Å². The topological polar surface area (TPSA) is 70.1 Å². The number of imidazole rings is 1. The molecule has 3 aliphatic rings. The summed E-state index contributed by atoms with van der Waals surface area (Å²) in [7, 11) is 1.85. The molecule has 3 saturated heterocycles. The monoisotopic (exact) mass is 328 g/mol. The fraction of sp³-hybridized carbons (Fsp3) is 0.588. The van der Waals surface area contributed by atoms with E-state index in [2.05, 4.69) is 31.8 Å². The highest BCUT2D eigenvalue weighted by Gasteiger charge is 2.37. The molecule has 5 heterocycles. The number of amides is 1.